The van der Waals surface area contributed by atoms with Crippen molar-refractivity contribution in [1.82, 2.24) is 0 Å². The predicted molar refractivity (Wildman–Crippen MR) is 70.8 cm³/mol. The normalized spacial score (nSPS) is 12.8. The molecule has 0 aromatic carbocycles. The molecule has 0 spiro atoms. The summed E-state index contributed by atoms with van der Waals surface area (Å²) in [6, 6.07) is 0. The average molecular weight is 333 g/mol. The Morgan fingerprint density at radius 1 is 0.867 bits per heavy atom. The van der Waals surface area contributed by atoms with Gasteiger partial charge in [-0.2, -0.15) is 11.8 Å². The molecule has 0 atom stereocenters. The molecule has 15 heavy (non-hydrogen) atoms. The van der Waals surface area contributed by atoms with Crippen LogP contribution in [0.2, 0.25) is 0 Å². The van der Waals surface area contributed by atoms with Gasteiger partial charge in [-0.3, -0.25) is 0 Å². The topological polar surface area (TPSA) is 9.23 Å². The van der Waals surface area contributed by atoms with Gasteiger partial charge in [0.15, 0.2) is 0 Å². The van der Waals surface area contributed by atoms with E-state index in [1.807, 2.05) is 0 Å². The van der Waals surface area contributed by atoms with Gasteiger partial charge >= 0.3 is 19.5 Å². The minimum Gasteiger partial charge on any atom is -0.381 e. The standard InChI is InChI=1S/C4H8O.2C4H9.BrH.Zn/c1-2-4-5-3-1;2*1-4(2)3;;/h1-4H2;2*4H,1H2,2-3H3;1H;/q;2*-1;;+2. The van der Waals surface area contributed by atoms with Crippen LogP contribution in [0.25, 0.3) is 0 Å². The molecule has 1 fully saturated rings. The van der Waals surface area contributed by atoms with E-state index in [2.05, 4.69) is 41.5 Å². The Kier molecular flexibility index (Phi) is 34.2. The van der Waals surface area contributed by atoms with Crippen molar-refractivity contribution in [2.45, 2.75) is 40.5 Å². The summed E-state index contributed by atoms with van der Waals surface area (Å²) in [5.41, 5.74) is 0. The molecule has 1 aliphatic rings. The zero-order valence-corrected chi connectivity index (χ0v) is 15.6. The number of ether oxygens (including phenoxy) is 1. The monoisotopic (exact) mass is 330 g/mol. The first-order chi connectivity index (χ1) is 5.96. The maximum absolute atomic E-state index is 4.94. The Balaban J connectivity index is -0.0000000575. The molecule has 1 saturated heterocycles. The SMILES string of the molecule is Br.C1CCOC1.[CH2-]C(C)C.[CH2-]C(C)C.[Zn+2]. The first-order valence-corrected chi connectivity index (χ1v) is 5.20. The van der Waals surface area contributed by atoms with Gasteiger partial charge in [0.05, 0.1) is 0 Å². The molecule has 0 aliphatic carbocycles. The van der Waals surface area contributed by atoms with Gasteiger partial charge in [-0.1, -0.05) is 27.7 Å². The van der Waals surface area contributed by atoms with E-state index in [1.165, 1.54) is 12.8 Å². The van der Waals surface area contributed by atoms with E-state index >= 15 is 0 Å². The van der Waals surface area contributed by atoms with Gasteiger partial charge in [0, 0.05) is 13.2 Å². The van der Waals surface area contributed by atoms with Gasteiger partial charge in [-0.15, -0.1) is 17.0 Å². The quantitative estimate of drug-likeness (QED) is 0.474. The summed E-state index contributed by atoms with van der Waals surface area (Å²) in [5.74, 6) is 1.17. The molecule has 3 heteroatoms. The van der Waals surface area contributed by atoms with Crippen molar-refractivity contribution in [2.75, 3.05) is 13.2 Å². The van der Waals surface area contributed by atoms with Gasteiger partial charge in [-0.05, 0) is 12.8 Å². The third-order valence-corrected chi connectivity index (χ3v) is 0.827. The number of rotatable bonds is 0. The molecular weight excluding hydrogens is 305 g/mol. The summed E-state index contributed by atoms with van der Waals surface area (Å²) in [7, 11) is 0. The van der Waals surface area contributed by atoms with Crippen LogP contribution < -0.4 is 0 Å². The first-order valence-electron chi connectivity index (χ1n) is 5.20. The Labute approximate surface area is 120 Å². The molecule has 1 heterocycles. The molecule has 0 unspecified atom stereocenters. The van der Waals surface area contributed by atoms with Crippen LogP contribution in [0.4, 0.5) is 0 Å². The summed E-state index contributed by atoms with van der Waals surface area (Å²) >= 11 is 0. The third-order valence-electron chi connectivity index (χ3n) is 0.827. The van der Waals surface area contributed by atoms with Crippen molar-refractivity contribution in [2.24, 2.45) is 11.8 Å². The van der Waals surface area contributed by atoms with Crippen molar-refractivity contribution < 1.29 is 24.2 Å². The molecule has 1 nitrogen and oxygen atoms in total. The van der Waals surface area contributed by atoms with Crippen LogP contribution in [-0.2, 0) is 24.2 Å². The second-order valence-electron chi connectivity index (χ2n) is 4.11. The van der Waals surface area contributed by atoms with Crippen LogP contribution in [0.3, 0.4) is 0 Å². The molecular formula is C12H27BrOZn. The van der Waals surface area contributed by atoms with Gasteiger partial charge in [0.1, 0.15) is 0 Å². The average Bonchev–Trinajstić information content (AvgIpc) is 2.35. The molecule has 0 radical (unpaired) electrons. The molecule has 0 aromatic rings. The second kappa shape index (κ2) is 20.5. The largest absolute Gasteiger partial charge is 2.00 e. The van der Waals surface area contributed by atoms with Gasteiger partial charge < -0.3 is 18.6 Å². The smallest absolute Gasteiger partial charge is 0.381 e. The van der Waals surface area contributed by atoms with Crippen molar-refractivity contribution >= 4 is 17.0 Å². The third kappa shape index (κ3) is 69.9. The Morgan fingerprint density at radius 3 is 1.13 bits per heavy atom. The van der Waals surface area contributed by atoms with Gasteiger partial charge in [0.25, 0.3) is 0 Å². The van der Waals surface area contributed by atoms with Crippen molar-refractivity contribution in [3.63, 3.8) is 0 Å². The summed E-state index contributed by atoms with van der Waals surface area (Å²) in [5, 5.41) is 0. The van der Waals surface area contributed by atoms with Crippen molar-refractivity contribution in [1.29, 1.82) is 0 Å². The van der Waals surface area contributed by atoms with E-state index in [0.29, 0.717) is 11.8 Å². The number of halogens is 1. The Bertz CT molecular complexity index is 64.6. The molecule has 0 N–H and O–H groups in total. The fourth-order valence-corrected chi connectivity index (χ4v) is 0.510. The van der Waals surface area contributed by atoms with Crippen LogP contribution in [-0.4, -0.2) is 13.2 Å². The van der Waals surface area contributed by atoms with E-state index < -0.39 is 0 Å². The van der Waals surface area contributed by atoms with Crippen LogP contribution >= 0.6 is 17.0 Å². The van der Waals surface area contributed by atoms with Crippen LogP contribution in [0.5, 0.6) is 0 Å². The summed E-state index contributed by atoms with van der Waals surface area (Å²) in [4.78, 5) is 0. The van der Waals surface area contributed by atoms with Crippen LogP contribution in [0.1, 0.15) is 40.5 Å². The summed E-state index contributed by atoms with van der Waals surface area (Å²) < 4.78 is 4.94. The maximum Gasteiger partial charge on any atom is 2.00 e. The number of hydrogen-bond donors (Lipinski definition) is 0. The van der Waals surface area contributed by atoms with E-state index in [9.17, 15) is 0 Å². The maximum atomic E-state index is 4.94. The first kappa shape index (κ1) is 25.0. The van der Waals surface area contributed by atoms with Crippen molar-refractivity contribution in [3.8, 4) is 0 Å². The van der Waals surface area contributed by atoms with Gasteiger partial charge in [0.2, 0.25) is 0 Å². The van der Waals surface area contributed by atoms with Crippen molar-refractivity contribution in [3.05, 3.63) is 13.8 Å². The molecule has 90 valence electrons. The number of hydrogen-bond acceptors (Lipinski definition) is 1. The summed E-state index contributed by atoms with van der Waals surface area (Å²) in [6.45, 7) is 17.5. The minimum absolute atomic E-state index is 0. The van der Waals surface area contributed by atoms with E-state index in [1.54, 1.807) is 0 Å². The minimum atomic E-state index is 0. The molecule has 0 aromatic heterocycles. The summed E-state index contributed by atoms with van der Waals surface area (Å²) in [6.07, 6.45) is 2.56. The molecule has 1 aliphatic heterocycles. The van der Waals surface area contributed by atoms with Gasteiger partial charge in [-0.25, -0.2) is 0 Å². The van der Waals surface area contributed by atoms with Crippen LogP contribution in [0, 0.1) is 25.7 Å². The Morgan fingerprint density at radius 2 is 1.07 bits per heavy atom. The van der Waals surface area contributed by atoms with E-state index in [-0.39, 0.29) is 36.5 Å². The van der Waals surface area contributed by atoms with Crippen LogP contribution in [0.15, 0.2) is 0 Å². The molecule has 0 saturated carbocycles. The Hall–Kier alpha value is 1.06. The fraction of sp³-hybridized carbons (Fsp3) is 0.833. The fourth-order valence-electron chi connectivity index (χ4n) is 0.510. The zero-order valence-electron chi connectivity index (χ0n) is 10.9. The molecule has 1 rings (SSSR count). The second-order valence-corrected chi connectivity index (χ2v) is 4.11. The zero-order chi connectivity index (χ0) is 10.7. The van der Waals surface area contributed by atoms with E-state index in [4.69, 9.17) is 4.74 Å². The van der Waals surface area contributed by atoms with E-state index in [0.717, 1.165) is 13.2 Å². The predicted octanol–water partition coefficient (Wildman–Crippen LogP) is 4.33. The molecule has 0 bridgehead atoms. The molecule has 0 amide bonds.